The normalized spacial score (nSPS) is 15.6. The Morgan fingerprint density at radius 3 is 2.17 bits per heavy atom. The van der Waals surface area contributed by atoms with Gasteiger partial charge in [0.05, 0.1) is 7.11 Å². The quantitative estimate of drug-likeness (QED) is 0.840. The number of nitrogens with zero attached hydrogens (tertiary/aromatic N) is 1. The maximum absolute atomic E-state index is 5.27. The van der Waals surface area contributed by atoms with E-state index in [1.807, 2.05) is 0 Å². The molecule has 3 rings (SSSR count). The lowest BCUT2D eigenvalue weighted by atomic mass is 9.97. The van der Waals surface area contributed by atoms with Gasteiger partial charge in [0.15, 0.2) is 0 Å². The van der Waals surface area contributed by atoms with Crippen LogP contribution >= 0.6 is 0 Å². The van der Waals surface area contributed by atoms with Crippen molar-refractivity contribution in [2.24, 2.45) is 5.92 Å². The lowest BCUT2D eigenvalue weighted by Crippen LogP contribution is -2.35. The minimum absolute atomic E-state index is 0.799. The highest BCUT2D eigenvalue weighted by molar-refractivity contribution is 5.27. The average Bonchev–Trinajstić information content (AvgIpc) is 2.64. The second-order valence-corrected chi connectivity index (χ2v) is 6.70. The van der Waals surface area contributed by atoms with Crippen LogP contribution in [0.2, 0.25) is 0 Å². The number of ether oxygens (including phenoxy) is 1. The fourth-order valence-corrected chi connectivity index (χ4v) is 3.45. The molecular weight excluding hydrogens is 296 g/mol. The van der Waals surface area contributed by atoms with Crippen molar-refractivity contribution in [2.45, 2.75) is 25.9 Å². The van der Waals surface area contributed by atoms with Crippen molar-refractivity contribution in [2.75, 3.05) is 26.7 Å². The number of piperidine rings is 1. The van der Waals surface area contributed by atoms with E-state index < -0.39 is 0 Å². The molecule has 0 unspecified atom stereocenters. The number of hydrogen-bond donors (Lipinski definition) is 1. The molecule has 1 aliphatic heterocycles. The van der Waals surface area contributed by atoms with Crippen LogP contribution in [0.5, 0.6) is 5.75 Å². The van der Waals surface area contributed by atoms with Crippen LogP contribution in [-0.2, 0) is 13.1 Å². The van der Waals surface area contributed by atoms with Crippen molar-refractivity contribution in [1.29, 1.82) is 0 Å². The van der Waals surface area contributed by atoms with E-state index in [9.17, 15) is 0 Å². The highest BCUT2D eigenvalue weighted by Crippen LogP contribution is 2.19. The van der Waals surface area contributed by atoms with Crippen LogP contribution < -0.4 is 10.1 Å². The van der Waals surface area contributed by atoms with E-state index in [1.54, 1.807) is 7.11 Å². The first-order chi connectivity index (χ1) is 11.8. The second kappa shape index (κ2) is 8.86. The van der Waals surface area contributed by atoms with Crippen molar-refractivity contribution < 1.29 is 4.74 Å². The van der Waals surface area contributed by atoms with E-state index >= 15 is 0 Å². The molecule has 1 saturated heterocycles. The van der Waals surface area contributed by atoms with Gasteiger partial charge in [-0.15, -0.1) is 0 Å². The SMILES string of the molecule is COc1ccc(CN(Cc2ccccc2)CC2CCNCC2)cc1. The van der Waals surface area contributed by atoms with Crippen molar-refractivity contribution >= 4 is 0 Å². The summed E-state index contributed by atoms with van der Waals surface area (Å²) < 4.78 is 5.27. The third-order valence-electron chi connectivity index (χ3n) is 4.79. The van der Waals surface area contributed by atoms with Crippen molar-refractivity contribution in [3.8, 4) is 5.75 Å². The molecule has 0 atom stereocenters. The Balaban J connectivity index is 1.67. The van der Waals surface area contributed by atoms with Crippen LogP contribution in [0.25, 0.3) is 0 Å². The molecule has 0 aromatic heterocycles. The van der Waals surface area contributed by atoms with Crippen molar-refractivity contribution in [3.05, 3.63) is 65.7 Å². The Hall–Kier alpha value is -1.84. The first-order valence-corrected chi connectivity index (χ1v) is 8.93. The minimum Gasteiger partial charge on any atom is -0.497 e. The molecule has 1 aliphatic rings. The molecule has 0 radical (unpaired) electrons. The van der Waals surface area contributed by atoms with E-state index in [-0.39, 0.29) is 0 Å². The molecule has 3 nitrogen and oxygen atoms in total. The molecule has 0 amide bonds. The molecule has 0 spiro atoms. The Labute approximate surface area is 145 Å². The predicted molar refractivity (Wildman–Crippen MR) is 99.1 cm³/mol. The van der Waals surface area contributed by atoms with Gasteiger partial charge in [-0.2, -0.15) is 0 Å². The zero-order valence-corrected chi connectivity index (χ0v) is 14.6. The summed E-state index contributed by atoms with van der Waals surface area (Å²) in [5.74, 6) is 1.72. The van der Waals surface area contributed by atoms with Crippen molar-refractivity contribution in [1.82, 2.24) is 10.2 Å². The van der Waals surface area contributed by atoms with Crippen LogP contribution in [0.15, 0.2) is 54.6 Å². The molecule has 24 heavy (non-hydrogen) atoms. The minimum atomic E-state index is 0.799. The number of methoxy groups -OCH3 is 1. The zero-order chi connectivity index (χ0) is 16.6. The molecule has 0 bridgehead atoms. The first kappa shape index (κ1) is 17.0. The summed E-state index contributed by atoms with van der Waals surface area (Å²) in [6.45, 7) is 5.49. The van der Waals surface area contributed by atoms with Gasteiger partial charge in [0.2, 0.25) is 0 Å². The summed E-state index contributed by atoms with van der Waals surface area (Å²) in [5, 5.41) is 3.47. The number of rotatable bonds is 7. The smallest absolute Gasteiger partial charge is 0.118 e. The van der Waals surface area contributed by atoms with Gasteiger partial charge in [0, 0.05) is 19.6 Å². The maximum atomic E-state index is 5.27. The summed E-state index contributed by atoms with van der Waals surface area (Å²) in [4.78, 5) is 2.59. The van der Waals surface area contributed by atoms with E-state index in [2.05, 4.69) is 64.8 Å². The molecule has 128 valence electrons. The number of nitrogens with one attached hydrogen (secondary N) is 1. The molecule has 0 aliphatic carbocycles. The lowest BCUT2D eigenvalue weighted by Gasteiger charge is -2.30. The van der Waals surface area contributed by atoms with Gasteiger partial charge >= 0.3 is 0 Å². The Morgan fingerprint density at radius 1 is 0.917 bits per heavy atom. The summed E-state index contributed by atoms with van der Waals surface area (Å²) in [6.07, 6.45) is 2.57. The average molecular weight is 324 g/mol. The molecule has 0 saturated carbocycles. The van der Waals surface area contributed by atoms with Gasteiger partial charge in [-0.05, 0) is 55.1 Å². The fourth-order valence-electron chi connectivity index (χ4n) is 3.45. The molecule has 1 heterocycles. The molecule has 1 fully saturated rings. The van der Waals surface area contributed by atoms with Crippen molar-refractivity contribution in [3.63, 3.8) is 0 Å². The Bertz CT molecular complexity index is 591. The summed E-state index contributed by atoms with van der Waals surface area (Å²) in [5.41, 5.74) is 2.74. The van der Waals surface area contributed by atoms with E-state index in [4.69, 9.17) is 4.74 Å². The molecule has 3 heteroatoms. The third-order valence-corrected chi connectivity index (χ3v) is 4.79. The van der Waals surface area contributed by atoms with E-state index in [0.29, 0.717) is 0 Å². The molecule has 1 N–H and O–H groups in total. The van der Waals surface area contributed by atoms with Crippen LogP contribution in [0, 0.1) is 5.92 Å². The largest absolute Gasteiger partial charge is 0.497 e. The fraction of sp³-hybridized carbons (Fsp3) is 0.429. The highest BCUT2D eigenvalue weighted by atomic mass is 16.5. The number of hydrogen-bond acceptors (Lipinski definition) is 3. The van der Waals surface area contributed by atoms with E-state index in [0.717, 1.165) is 37.8 Å². The van der Waals surface area contributed by atoms with Gasteiger partial charge in [-0.1, -0.05) is 42.5 Å². The van der Waals surface area contributed by atoms with Crippen LogP contribution in [0.4, 0.5) is 0 Å². The monoisotopic (exact) mass is 324 g/mol. The molecule has 2 aromatic carbocycles. The third kappa shape index (κ3) is 5.08. The Morgan fingerprint density at radius 2 is 1.54 bits per heavy atom. The predicted octanol–water partition coefficient (Wildman–Crippen LogP) is 3.70. The van der Waals surface area contributed by atoms with Gasteiger partial charge in [0.25, 0.3) is 0 Å². The second-order valence-electron chi connectivity index (χ2n) is 6.70. The molecule has 2 aromatic rings. The van der Waals surface area contributed by atoms with Crippen LogP contribution in [0.1, 0.15) is 24.0 Å². The van der Waals surface area contributed by atoms with Crippen LogP contribution in [-0.4, -0.2) is 31.6 Å². The first-order valence-electron chi connectivity index (χ1n) is 8.93. The van der Waals surface area contributed by atoms with E-state index in [1.165, 1.54) is 30.5 Å². The highest BCUT2D eigenvalue weighted by Gasteiger charge is 2.17. The summed E-state index contributed by atoms with van der Waals surface area (Å²) in [7, 11) is 1.72. The molecular formula is C21H28N2O. The van der Waals surface area contributed by atoms with Gasteiger partial charge < -0.3 is 10.1 Å². The standard InChI is InChI=1S/C21H28N2O/c1-24-21-9-7-19(8-10-21)16-23(15-18-5-3-2-4-6-18)17-20-11-13-22-14-12-20/h2-10,20,22H,11-17H2,1H3. The number of benzene rings is 2. The Kier molecular flexibility index (Phi) is 6.27. The van der Waals surface area contributed by atoms with Gasteiger partial charge in [-0.3, -0.25) is 4.90 Å². The lowest BCUT2D eigenvalue weighted by molar-refractivity contribution is 0.191. The van der Waals surface area contributed by atoms with Gasteiger partial charge in [0.1, 0.15) is 5.75 Å². The topological polar surface area (TPSA) is 24.5 Å². The maximum Gasteiger partial charge on any atom is 0.118 e. The summed E-state index contributed by atoms with van der Waals surface area (Å²) in [6, 6.07) is 19.3. The zero-order valence-electron chi connectivity index (χ0n) is 14.6. The summed E-state index contributed by atoms with van der Waals surface area (Å²) >= 11 is 0. The van der Waals surface area contributed by atoms with Gasteiger partial charge in [-0.25, -0.2) is 0 Å². The van der Waals surface area contributed by atoms with Crippen LogP contribution in [0.3, 0.4) is 0 Å².